The molecule has 1 aromatic heterocycles. The fourth-order valence-electron chi connectivity index (χ4n) is 3.44. The fourth-order valence-corrected chi connectivity index (χ4v) is 3.44. The summed E-state index contributed by atoms with van der Waals surface area (Å²) >= 11 is 0. The SMILES string of the molecule is CCOCCC1(CNC(=NC)NCCc2cccnc2)CCCC1. The molecule has 0 aromatic carbocycles. The summed E-state index contributed by atoms with van der Waals surface area (Å²) in [5.74, 6) is 0.890. The van der Waals surface area contributed by atoms with E-state index in [-0.39, 0.29) is 0 Å². The van der Waals surface area contributed by atoms with E-state index in [0.717, 1.165) is 45.1 Å². The molecule has 1 aliphatic carbocycles. The molecule has 1 heterocycles. The average Bonchev–Trinajstić information content (AvgIpc) is 3.08. The summed E-state index contributed by atoms with van der Waals surface area (Å²) in [4.78, 5) is 8.51. The summed E-state index contributed by atoms with van der Waals surface area (Å²) in [6.45, 7) is 5.57. The molecule has 2 N–H and O–H groups in total. The van der Waals surface area contributed by atoms with Gasteiger partial charge in [-0.25, -0.2) is 0 Å². The van der Waals surface area contributed by atoms with Crippen LogP contribution in [0.15, 0.2) is 29.5 Å². The summed E-state index contributed by atoms with van der Waals surface area (Å²) in [5.41, 5.74) is 1.61. The highest BCUT2D eigenvalue weighted by atomic mass is 16.5. The van der Waals surface area contributed by atoms with E-state index in [2.05, 4.69) is 33.6 Å². The standard InChI is InChI=1S/C19H32N4O/c1-3-24-14-11-19(9-4-5-10-19)16-23-18(20-2)22-13-8-17-7-6-12-21-15-17/h6-7,12,15H,3-5,8-11,13-14,16H2,1-2H3,(H2,20,22,23). The van der Waals surface area contributed by atoms with E-state index in [1.807, 2.05) is 19.3 Å². The highest BCUT2D eigenvalue weighted by Crippen LogP contribution is 2.40. The molecule has 0 radical (unpaired) electrons. The molecular formula is C19H32N4O. The zero-order valence-electron chi connectivity index (χ0n) is 15.2. The van der Waals surface area contributed by atoms with Crippen LogP contribution in [-0.2, 0) is 11.2 Å². The van der Waals surface area contributed by atoms with Crippen LogP contribution in [0.1, 0.15) is 44.6 Å². The number of hydrogen-bond acceptors (Lipinski definition) is 3. The molecular weight excluding hydrogens is 300 g/mol. The van der Waals surface area contributed by atoms with Crippen LogP contribution in [0, 0.1) is 5.41 Å². The molecule has 1 aromatic rings. The normalized spacial score (nSPS) is 17.0. The lowest BCUT2D eigenvalue weighted by Gasteiger charge is -2.30. The van der Waals surface area contributed by atoms with Crippen LogP contribution in [0.3, 0.4) is 0 Å². The van der Waals surface area contributed by atoms with Crippen molar-refractivity contribution in [1.29, 1.82) is 0 Å². The lowest BCUT2D eigenvalue weighted by Crippen LogP contribution is -2.44. The Kier molecular flexibility index (Phi) is 8.02. The van der Waals surface area contributed by atoms with Gasteiger partial charge in [0, 0.05) is 45.7 Å². The van der Waals surface area contributed by atoms with Crippen LogP contribution in [-0.4, -0.2) is 44.3 Å². The monoisotopic (exact) mass is 332 g/mol. The lowest BCUT2D eigenvalue weighted by molar-refractivity contribution is 0.105. The topological polar surface area (TPSA) is 58.5 Å². The van der Waals surface area contributed by atoms with E-state index < -0.39 is 0 Å². The summed E-state index contributed by atoms with van der Waals surface area (Å²) < 4.78 is 5.59. The van der Waals surface area contributed by atoms with Gasteiger partial charge in [0.2, 0.25) is 0 Å². The largest absolute Gasteiger partial charge is 0.382 e. The molecule has 1 aliphatic rings. The van der Waals surface area contributed by atoms with Gasteiger partial charge in [0.1, 0.15) is 0 Å². The van der Waals surface area contributed by atoms with E-state index in [0.29, 0.717) is 5.41 Å². The Morgan fingerprint density at radius 2 is 2.17 bits per heavy atom. The molecule has 5 heteroatoms. The van der Waals surface area contributed by atoms with Crippen molar-refractivity contribution in [2.45, 2.75) is 45.4 Å². The molecule has 0 atom stereocenters. The van der Waals surface area contributed by atoms with Crippen LogP contribution in [0.25, 0.3) is 0 Å². The number of ether oxygens (including phenoxy) is 1. The van der Waals surface area contributed by atoms with Crippen molar-refractivity contribution >= 4 is 5.96 Å². The van der Waals surface area contributed by atoms with E-state index >= 15 is 0 Å². The summed E-state index contributed by atoms with van der Waals surface area (Å²) in [6.07, 6.45) is 11.1. The third-order valence-corrected chi connectivity index (χ3v) is 4.93. The minimum absolute atomic E-state index is 0.371. The first-order valence-corrected chi connectivity index (χ1v) is 9.19. The molecule has 1 fully saturated rings. The number of guanidine groups is 1. The van der Waals surface area contributed by atoms with Crippen molar-refractivity contribution in [1.82, 2.24) is 15.6 Å². The van der Waals surface area contributed by atoms with Crippen molar-refractivity contribution in [3.05, 3.63) is 30.1 Å². The molecule has 2 rings (SSSR count). The minimum Gasteiger partial charge on any atom is -0.382 e. The van der Waals surface area contributed by atoms with Crippen LogP contribution in [0.5, 0.6) is 0 Å². The molecule has 0 aliphatic heterocycles. The third kappa shape index (κ3) is 6.11. The molecule has 0 amide bonds. The van der Waals surface area contributed by atoms with Gasteiger partial charge in [-0.05, 0) is 49.7 Å². The van der Waals surface area contributed by atoms with Gasteiger partial charge in [0.15, 0.2) is 5.96 Å². The minimum atomic E-state index is 0.371. The number of hydrogen-bond donors (Lipinski definition) is 2. The molecule has 0 unspecified atom stereocenters. The van der Waals surface area contributed by atoms with Crippen molar-refractivity contribution in [3.63, 3.8) is 0 Å². The number of nitrogens with zero attached hydrogens (tertiary/aromatic N) is 2. The fraction of sp³-hybridized carbons (Fsp3) is 0.684. The molecule has 134 valence electrons. The second-order valence-corrected chi connectivity index (χ2v) is 6.62. The zero-order valence-corrected chi connectivity index (χ0v) is 15.2. The van der Waals surface area contributed by atoms with E-state index in [1.165, 1.54) is 31.2 Å². The molecule has 0 spiro atoms. The number of nitrogens with one attached hydrogen (secondary N) is 2. The first-order valence-electron chi connectivity index (χ1n) is 9.19. The highest BCUT2D eigenvalue weighted by Gasteiger charge is 2.33. The first kappa shape index (κ1) is 18.7. The second kappa shape index (κ2) is 10.3. The Balaban J connectivity index is 1.74. The predicted molar refractivity (Wildman–Crippen MR) is 99.3 cm³/mol. The molecule has 1 saturated carbocycles. The number of pyridine rings is 1. The average molecular weight is 332 g/mol. The van der Waals surface area contributed by atoms with Crippen molar-refractivity contribution in [2.24, 2.45) is 10.4 Å². The van der Waals surface area contributed by atoms with Gasteiger partial charge < -0.3 is 15.4 Å². The van der Waals surface area contributed by atoms with Gasteiger partial charge in [0.05, 0.1) is 0 Å². The third-order valence-electron chi connectivity index (χ3n) is 4.93. The summed E-state index contributed by atoms with van der Waals surface area (Å²) in [7, 11) is 1.83. The zero-order chi connectivity index (χ0) is 17.1. The predicted octanol–water partition coefficient (Wildman–Crippen LogP) is 2.78. The van der Waals surface area contributed by atoms with Gasteiger partial charge in [-0.3, -0.25) is 9.98 Å². The Labute approximate surface area is 146 Å². The molecule has 0 saturated heterocycles. The van der Waals surface area contributed by atoms with E-state index in [4.69, 9.17) is 4.74 Å². The number of aliphatic imine (C=N–C) groups is 1. The lowest BCUT2D eigenvalue weighted by atomic mass is 9.83. The first-order chi connectivity index (χ1) is 11.8. The quantitative estimate of drug-likeness (QED) is 0.415. The van der Waals surface area contributed by atoms with E-state index in [1.54, 1.807) is 6.20 Å². The maximum absolute atomic E-state index is 5.59. The summed E-state index contributed by atoms with van der Waals surface area (Å²) in [5, 5.41) is 6.94. The van der Waals surface area contributed by atoms with Crippen LogP contribution in [0.2, 0.25) is 0 Å². The van der Waals surface area contributed by atoms with Crippen molar-refractivity contribution in [3.8, 4) is 0 Å². The van der Waals surface area contributed by atoms with Gasteiger partial charge >= 0.3 is 0 Å². The summed E-state index contributed by atoms with van der Waals surface area (Å²) in [6, 6.07) is 4.08. The molecule has 5 nitrogen and oxygen atoms in total. The van der Waals surface area contributed by atoms with Crippen LogP contribution in [0.4, 0.5) is 0 Å². The smallest absolute Gasteiger partial charge is 0.191 e. The number of aromatic nitrogens is 1. The second-order valence-electron chi connectivity index (χ2n) is 6.62. The van der Waals surface area contributed by atoms with Crippen LogP contribution >= 0.6 is 0 Å². The van der Waals surface area contributed by atoms with E-state index in [9.17, 15) is 0 Å². The van der Waals surface area contributed by atoms with Gasteiger partial charge in [-0.15, -0.1) is 0 Å². The highest BCUT2D eigenvalue weighted by molar-refractivity contribution is 5.79. The molecule has 0 bridgehead atoms. The van der Waals surface area contributed by atoms with Gasteiger partial charge in [0.25, 0.3) is 0 Å². The Morgan fingerprint density at radius 1 is 1.33 bits per heavy atom. The van der Waals surface area contributed by atoms with Gasteiger partial charge in [-0.2, -0.15) is 0 Å². The molecule has 24 heavy (non-hydrogen) atoms. The van der Waals surface area contributed by atoms with Crippen molar-refractivity contribution in [2.75, 3.05) is 33.4 Å². The maximum atomic E-state index is 5.59. The number of rotatable bonds is 9. The van der Waals surface area contributed by atoms with Crippen LogP contribution < -0.4 is 10.6 Å². The Hall–Kier alpha value is -1.62. The Bertz CT molecular complexity index is 483. The van der Waals surface area contributed by atoms with Crippen molar-refractivity contribution < 1.29 is 4.74 Å². The maximum Gasteiger partial charge on any atom is 0.191 e. The Morgan fingerprint density at radius 3 is 2.83 bits per heavy atom. The van der Waals surface area contributed by atoms with Gasteiger partial charge in [-0.1, -0.05) is 18.9 Å².